The zero-order valence-electron chi connectivity index (χ0n) is 15.5. The summed E-state index contributed by atoms with van der Waals surface area (Å²) in [4.78, 5) is 4.99. The van der Waals surface area contributed by atoms with Crippen molar-refractivity contribution in [1.82, 2.24) is 23.6 Å². The molecule has 0 N–H and O–H groups in total. The Labute approximate surface area is 149 Å². The topological polar surface area (TPSA) is 73.0 Å². The third-order valence-electron chi connectivity index (χ3n) is 4.87. The van der Waals surface area contributed by atoms with Gasteiger partial charge < -0.3 is 4.57 Å². The lowest BCUT2D eigenvalue weighted by molar-refractivity contribution is 0.461. The van der Waals surface area contributed by atoms with E-state index >= 15 is 0 Å². The van der Waals surface area contributed by atoms with Crippen LogP contribution in [0, 0.1) is 0 Å². The minimum atomic E-state index is -3.60. The van der Waals surface area contributed by atoms with Gasteiger partial charge in [0.25, 0.3) is 0 Å². The summed E-state index contributed by atoms with van der Waals surface area (Å²) in [6, 6.07) is 0. The van der Waals surface area contributed by atoms with Gasteiger partial charge in [0.15, 0.2) is 0 Å². The number of nitrogens with zero attached hydrogens (tertiary/aromatic N) is 5. The molecule has 1 aliphatic rings. The first-order valence-corrected chi connectivity index (χ1v) is 10.4. The van der Waals surface area contributed by atoms with Crippen LogP contribution in [-0.2, 0) is 49.4 Å². The van der Waals surface area contributed by atoms with Crippen molar-refractivity contribution in [2.24, 2.45) is 7.05 Å². The zero-order chi connectivity index (χ0) is 18.2. The van der Waals surface area contributed by atoms with Crippen molar-refractivity contribution in [2.75, 3.05) is 7.05 Å². The average molecular weight is 366 g/mol. The molecular formula is C17H27N5O2S. The molecule has 0 unspecified atom stereocenters. The Bertz CT molecular complexity index is 842. The Morgan fingerprint density at radius 2 is 2.00 bits per heavy atom. The molecule has 8 heteroatoms. The highest BCUT2D eigenvalue weighted by atomic mass is 32.2. The van der Waals surface area contributed by atoms with Crippen molar-refractivity contribution in [3.05, 3.63) is 29.1 Å². The van der Waals surface area contributed by atoms with Gasteiger partial charge in [0, 0.05) is 33.3 Å². The van der Waals surface area contributed by atoms with Gasteiger partial charge in [-0.3, -0.25) is 4.68 Å². The van der Waals surface area contributed by atoms with Crippen molar-refractivity contribution in [2.45, 2.75) is 63.9 Å². The van der Waals surface area contributed by atoms with Crippen molar-refractivity contribution in [1.29, 1.82) is 0 Å². The fraction of sp³-hybridized carbons (Fsp3) is 0.647. The molecule has 2 aromatic heterocycles. The van der Waals surface area contributed by atoms with Crippen molar-refractivity contribution in [3.63, 3.8) is 0 Å². The molecule has 0 radical (unpaired) electrons. The highest BCUT2D eigenvalue weighted by Crippen LogP contribution is 2.25. The van der Waals surface area contributed by atoms with E-state index in [1.807, 2.05) is 20.0 Å². The van der Waals surface area contributed by atoms with Gasteiger partial charge in [-0.1, -0.05) is 13.8 Å². The van der Waals surface area contributed by atoms with Gasteiger partial charge in [-0.25, -0.2) is 13.4 Å². The Morgan fingerprint density at radius 1 is 1.24 bits per heavy atom. The second-order valence-electron chi connectivity index (χ2n) is 6.61. The fourth-order valence-electron chi connectivity index (χ4n) is 3.54. The minimum Gasteiger partial charge on any atom is -0.335 e. The molecule has 0 spiro atoms. The monoisotopic (exact) mass is 365 g/mol. The Balaban J connectivity index is 1.91. The van der Waals surface area contributed by atoms with Gasteiger partial charge in [-0.15, -0.1) is 0 Å². The lowest BCUT2D eigenvalue weighted by Crippen LogP contribution is -2.28. The van der Waals surface area contributed by atoms with E-state index in [-0.39, 0.29) is 6.54 Å². The molecule has 0 atom stereocenters. The number of hydrogen-bond donors (Lipinski definition) is 0. The molecule has 1 aliphatic heterocycles. The van der Waals surface area contributed by atoms with Crippen LogP contribution in [0.5, 0.6) is 0 Å². The van der Waals surface area contributed by atoms with Crippen LogP contribution in [0.15, 0.2) is 11.1 Å². The molecule has 3 rings (SSSR count). The summed E-state index contributed by atoms with van der Waals surface area (Å²) in [5, 5.41) is 4.40. The predicted molar refractivity (Wildman–Crippen MR) is 95.8 cm³/mol. The minimum absolute atomic E-state index is 0.281. The maximum atomic E-state index is 13.2. The summed E-state index contributed by atoms with van der Waals surface area (Å²) >= 11 is 0. The van der Waals surface area contributed by atoms with Crippen molar-refractivity contribution < 1.29 is 8.42 Å². The maximum Gasteiger partial charge on any atom is 0.246 e. The van der Waals surface area contributed by atoms with Crippen LogP contribution >= 0.6 is 0 Å². The molecule has 0 amide bonds. The molecule has 0 aliphatic carbocycles. The van der Waals surface area contributed by atoms with Crippen LogP contribution in [0.3, 0.4) is 0 Å². The number of aryl methyl sites for hydroxylation is 4. The summed E-state index contributed by atoms with van der Waals surface area (Å²) in [5.74, 6) is 1.07. The maximum absolute atomic E-state index is 13.2. The SMILES string of the molecule is CCc1nn(C)c(CC)c1S(=O)(=O)N(C)Cc1cn2c(n1)CCCC2. The summed E-state index contributed by atoms with van der Waals surface area (Å²) < 4.78 is 31.6. The number of hydrogen-bond acceptors (Lipinski definition) is 4. The Morgan fingerprint density at radius 3 is 2.64 bits per heavy atom. The Kier molecular flexibility index (Phi) is 5.02. The number of fused-ring (bicyclic) bond motifs is 1. The van der Waals surface area contributed by atoms with Crippen LogP contribution in [-0.4, -0.2) is 39.1 Å². The van der Waals surface area contributed by atoms with E-state index < -0.39 is 10.0 Å². The molecule has 0 saturated carbocycles. The zero-order valence-corrected chi connectivity index (χ0v) is 16.3. The van der Waals surface area contributed by atoms with E-state index in [9.17, 15) is 8.42 Å². The molecule has 0 bridgehead atoms. The first-order chi connectivity index (χ1) is 11.9. The van der Waals surface area contributed by atoms with E-state index in [1.165, 1.54) is 4.31 Å². The first kappa shape index (κ1) is 18.1. The van der Waals surface area contributed by atoms with E-state index in [1.54, 1.807) is 18.8 Å². The molecule has 25 heavy (non-hydrogen) atoms. The van der Waals surface area contributed by atoms with Gasteiger partial charge in [-0.05, 0) is 25.7 Å². The molecule has 0 saturated heterocycles. The highest BCUT2D eigenvalue weighted by Gasteiger charge is 2.30. The summed E-state index contributed by atoms with van der Waals surface area (Å²) in [6.45, 7) is 5.15. The molecular weight excluding hydrogens is 338 g/mol. The van der Waals surface area contributed by atoms with E-state index in [4.69, 9.17) is 0 Å². The summed E-state index contributed by atoms with van der Waals surface area (Å²) in [5.41, 5.74) is 2.20. The lowest BCUT2D eigenvalue weighted by atomic mass is 10.2. The second kappa shape index (κ2) is 6.92. The average Bonchev–Trinajstić information content (AvgIpc) is 3.14. The highest BCUT2D eigenvalue weighted by molar-refractivity contribution is 7.89. The summed E-state index contributed by atoms with van der Waals surface area (Å²) in [7, 11) is -0.172. The normalized spacial score (nSPS) is 14.9. The molecule has 3 heterocycles. The van der Waals surface area contributed by atoms with Crippen LogP contribution in [0.25, 0.3) is 0 Å². The predicted octanol–water partition coefficient (Wildman–Crippen LogP) is 1.90. The van der Waals surface area contributed by atoms with Gasteiger partial charge >= 0.3 is 0 Å². The van der Waals surface area contributed by atoms with Crippen LogP contribution in [0.2, 0.25) is 0 Å². The molecule has 2 aromatic rings. The van der Waals surface area contributed by atoms with Crippen molar-refractivity contribution in [3.8, 4) is 0 Å². The number of sulfonamides is 1. The van der Waals surface area contributed by atoms with Gasteiger partial charge in [0.05, 0.1) is 23.6 Å². The van der Waals surface area contributed by atoms with Gasteiger partial charge in [0.1, 0.15) is 10.7 Å². The van der Waals surface area contributed by atoms with Crippen LogP contribution in [0.4, 0.5) is 0 Å². The smallest absolute Gasteiger partial charge is 0.246 e. The van der Waals surface area contributed by atoms with Crippen LogP contribution in [0.1, 0.15) is 49.6 Å². The standard InChI is InChI=1S/C17H27N5O2S/c1-5-14-17(15(6-2)21(4)19-14)25(23,24)20(3)11-13-12-22-10-8-7-9-16(22)18-13/h12H,5-11H2,1-4H3. The molecule has 0 fully saturated rings. The fourth-order valence-corrected chi connectivity index (χ4v) is 5.21. The van der Waals surface area contributed by atoms with Gasteiger partial charge in [0.2, 0.25) is 10.0 Å². The van der Waals surface area contributed by atoms with Gasteiger partial charge in [-0.2, -0.15) is 9.40 Å². The number of rotatable bonds is 6. The lowest BCUT2D eigenvalue weighted by Gasteiger charge is -2.17. The third kappa shape index (κ3) is 3.25. The Hall–Kier alpha value is -1.67. The number of imidazole rings is 1. The largest absolute Gasteiger partial charge is 0.335 e. The quantitative estimate of drug-likeness (QED) is 0.784. The summed E-state index contributed by atoms with van der Waals surface area (Å²) in [6.07, 6.45) is 6.50. The van der Waals surface area contributed by atoms with Crippen LogP contribution < -0.4 is 0 Å². The molecule has 7 nitrogen and oxygen atoms in total. The third-order valence-corrected chi connectivity index (χ3v) is 6.80. The van der Waals surface area contributed by atoms with Crippen molar-refractivity contribution >= 4 is 10.0 Å². The molecule has 0 aromatic carbocycles. The van der Waals surface area contributed by atoms with E-state index in [2.05, 4.69) is 14.6 Å². The number of aromatic nitrogens is 4. The first-order valence-electron chi connectivity index (χ1n) is 8.94. The second-order valence-corrected chi connectivity index (χ2v) is 8.60. The van der Waals surface area contributed by atoms with E-state index in [0.717, 1.165) is 43.0 Å². The molecule has 138 valence electrons. The van der Waals surface area contributed by atoms with E-state index in [0.29, 0.717) is 23.4 Å².